The first-order valence-electron chi connectivity index (χ1n) is 7.38. The lowest BCUT2D eigenvalue weighted by Crippen LogP contribution is -2.14. The Morgan fingerprint density at radius 1 is 1.29 bits per heavy atom. The third kappa shape index (κ3) is 5.27. The molecule has 9 heteroatoms. The molecule has 1 amide bonds. The van der Waals surface area contributed by atoms with E-state index in [0.29, 0.717) is 17.2 Å². The minimum absolute atomic E-state index is 0.148. The van der Waals surface area contributed by atoms with Gasteiger partial charge in [-0.2, -0.15) is 0 Å². The maximum atomic E-state index is 12.1. The number of ether oxygens (including phenoxy) is 2. The fraction of sp³-hybridized carbons (Fsp3) is 0.400. The van der Waals surface area contributed by atoms with Crippen LogP contribution >= 0.6 is 23.1 Å². The second-order valence-corrected chi connectivity index (χ2v) is 6.90. The summed E-state index contributed by atoms with van der Waals surface area (Å²) in [5, 5.41) is 14.9. The van der Waals surface area contributed by atoms with E-state index in [9.17, 15) is 4.79 Å². The number of nitrogens with one attached hydrogen (secondary N) is 2. The smallest absolute Gasteiger partial charge is 0.234 e. The van der Waals surface area contributed by atoms with Crippen molar-refractivity contribution >= 4 is 39.8 Å². The lowest BCUT2D eigenvalue weighted by Gasteiger charge is -2.11. The second kappa shape index (κ2) is 9.33. The molecule has 0 aliphatic rings. The lowest BCUT2D eigenvalue weighted by atomic mass is 10.2. The summed E-state index contributed by atoms with van der Waals surface area (Å²) in [4.78, 5) is 12.1. The van der Waals surface area contributed by atoms with Crippen LogP contribution in [0.15, 0.2) is 22.5 Å². The van der Waals surface area contributed by atoms with Gasteiger partial charge in [0.2, 0.25) is 11.0 Å². The number of anilines is 2. The lowest BCUT2D eigenvalue weighted by molar-refractivity contribution is -0.113. The van der Waals surface area contributed by atoms with Crippen molar-refractivity contribution in [1.82, 2.24) is 10.2 Å². The SMILES string of the molecule is CCCNc1nnc(SCC(=O)Nc2cc(OC)ccc2OC)s1. The van der Waals surface area contributed by atoms with Crippen molar-refractivity contribution in [2.45, 2.75) is 17.7 Å². The minimum atomic E-state index is -0.148. The molecule has 130 valence electrons. The van der Waals surface area contributed by atoms with Gasteiger partial charge in [-0.25, -0.2) is 0 Å². The molecule has 1 aromatic heterocycles. The number of rotatable bonds is 9. The van der Waals surface area contributed by atoms with Crippen LogP contribution < -0.4 is 20.1 Å². The molecule has 0 atom stereocenters. The summed E-state index contributed by atoms with van der Waals surface area (Å²) in [5.74, 6) is 1.32. The molecule has 24 heavy (non-hydrogen) atoms. The summed E-state index contributed by atoms with van der Waals surface area (Å²) in [6.07, 6.45) is 1.02. The van der Waals surface area contributed by atoms with Gasteiger partial charge in [0.25, 0.3) is 0 Å². The van der Waals surface area contributed by atoms with Gasteiger partial charge in [0, 0.05) is 12.6 Å². The van der Waals surface area contributed by atoms with Gasteiger partial charge in [-0.15, -0.1) is 10.2 Å². The van der Waals surface area contributed by atoms with Gasteiger partial charge in [-0.05, 0) is 18.6 Å². The first kappa shape index (κ1) is 18.3. The van der Waals surface area contributed by atoms with Crippen molar-refractivity contribution in [2.24, 2.45) is 0 Å². The van der Waals surface area contributed by atoms with Crippen LogP contribution in [0.25, 0.3) is 0 Å². The van der Waals surface area contributed by atoms with E-state index in [1.165, 1.54) is 23.1 Å². The van der Waals surface area contributed by atoms with E-state index < -0.39 is 0 Å². The highest BCUT2D eigenvalue weighted by Crippen LogP contribution is 2.30. The third-order valence-corrected chi connectivity index (χ3v) is 4.95. The minimum Gasteiger partial charge on any atom is -0.497 e. The molecule has 2 rings (SSSR count). The van der Waals surface area contributed by atoms with E-state index >= 15 is 0 Å². The Morgan fingerprint density at radius 2 is 2.12 bits per heavy atom. The van der Waals surface area contributed by atoms with Gasteiger partial charge in [-0.3, -0.25) is 4.79 Å². The molecule has 0 radical (unpaired) electrons. The maximum Gasteiger partial charge on any atom is 0.234 e. The van der Waals surface area contributed by atoms with E-state index in [4.69, 9.17) is 9.47 Å². The monoisotopic (exact) mass is 368 g/mol. The Balaban J connectivity index is 1.90. The summed E-state index contributed by atoms with van der Waals surface area (Å²) in [7, 11) is 3.13. The maximum absolute atomic E-state index is 12.1. The topological polar surface area (TPSA) is 85.4 Å². The Kier molecular flexibility index (Phi) is 7.13. The number of aromatic nitrogens is 2. The Morgan fingerprint density at radius 3 is 2.83 bits per heavy atom. The van der Waals surface area contributed by atoms with E-state index in [0.717, 1.165) is 22.4 Å². The molecule has 0 bridgehead atoms. The Bertz CT molecular complexity index is 678. The Labute approximate surface area is 149 Å². The summed E-state index contributed by atoms with van der Waals surface area (Å²) < 4.78 is 11.2. The molecule has 0 spiro atoms. The highest BCUT2D eigenvalue weighted by molar-refractivity contribution is 8.01. The largest absolute Gasteiger partial charge is 0.497 e. The van der Waals surface area contributed by atoms with E-state index in [1.54, 1.807) is 32.4 Å². The molecule has 1 aromatic carbocycles. The highest BCUT2D eigenvalue weighted by Gasteiger charge is 2.11. The molecule has 0 aliphatic heterocycles. The van der Waals surface area contributed by atoms with Crippen molar-refractivity contribution in [1.29, 1.82) is 0 Å². The number of hydrogen-bond donors (Lipinski definition) is 2. The van der Waals surface area contributed by atoms with Crippen molar-refractivity contribution in [2.75, 3.05) is 37.2 Å². The zero-order valence-electron chi connectivity index (χ0n) is 13.8. The fourth-order valence-corrected chi connectivity index (χ4v) is 3.37. The number of hydrogen-bond acceptors (Lipinski definition) is 8. The van der Waals surface area contributed by atoms with Gasteiger partial charge in [-0.1, -0.05) is 30.0 Å². The number of benzene rings is 1. The third-order valence-electron chi connectivity index (χ3n) is 2.94. The summed E-state index contributed by atoms with van der Waals surface area (Å²) in [6, 6.07) is 5.24. The Hall–Kier alpha value is -2.00. The average Bonchev–Trinajstić information content (AvgIpc) is 3.06. The molecule has 2 N–H and O–H groups in total. The van der Waals surface area contributed by atoms with E-state index in [1.807, 2.05) is 0 Å². The quantitative estimate of drug-likeness (QED) is 0.658. The molecule has 7 nitrogen and oxygen atoms in total. The molecule has 1 heterocycles. The summed E-state index contributed by atoms with van der Waals surface area (Å²) in [6.45, 7) is 2.94. The molecule has 0 saturated carbocycles. The van der Waals surface area contributed by atoms with Crippen LogP contribution in [0.5, 0.6) is 11.5 Å². The second-order valence-electron chi connectivity index (χ2n) is 4.70. The average molecular weight is 368 g/mol. The first-order chi connectivity index (χ1) is 11.7. The molecule has 0 aliphatic carbocycles. The van der Waals surface area contributed by atoms with Gasteiger partial charge in [0.05, 0.1) is 25.7 Å². The molecular weight excluding hydrogens is 348 g/mol. The van der Waals surface area contributed by atoms with Crippen LogP contribution in [0.3, 0.4) is 0 Å². The van der Waals surface area contributed by atoms with Crippen LogP contribution in [0.2, 0.25) is 0 Å². The zero-order chi connectivity index (χ0) is 17.4. The number of amides is 1. The highest BCUT2D eigenvalue weighted by atomic mass is 32.2. The van der Waals surface area contributed by atoms with E-state index in [-0.39, 0.29) is 11.7 Å². The molecule has 2 aromatic rings. The normalized spacial score (nSPS) is 10.3. The van der Waals surface area contributed by atoms with Crippen molar-refractivity contribution in [3.8, 4) is 11.5 Å². The van der Waals surface area contributed by atoms with Gasteiger partial charge in [0.15, 0.2) is 4.34 Å². The molecule has 0 unspecified atom stereocenters. The molecule has 0 saturated heterocycles. The summed E-state index contributed by atoms with van der Waals surface area (Å²) in [5.41, 5.74) is 0.574. The van der Waals surface area contributed by atoms with Crippen LogP contribution in [-0.2, 0) is 4.79 Å². The van der Waals surface area contributed by atoms with Crippen LogP contribution in [0.1, 0.15) is 13.3 Å². The predicted molar refractivity (Wildman–Crippen MR) is 97.6 cm³/mol. The van der Waals surface area contributed by atoms with Crippen LogP contribution in [0, 0.1) is 0 Å². The van der Waals surface area contributed by atoms with Gasteiger partial charge < -0.3 is 20.1 Å². The zero-order valence-corrected chi connectivity index (χ0v) is 15.4. The number of carbonyl (C=O) groups is 1. The number of methoxy groups -OCH3 is 2. The first-order valence-corrected chi connectivity index (χ1v) is 9.18. The molecular formula is C15H20N4O3S2. The van der Waals surface area contributed by atoms with Crippen molar-refractivity contribution in [3.05, 3.63) is 18.2 Å². The summed E-state index contributed by atoms with van der Waals surface area (Å²) >= 11 is 2.79. The molecule has 0 fully saturated rings. The van der Waals surface area contributed by atoms with Crippen LogP contribution in [-0.4, -0.2) is 42.6 Å². The number of carbonyl (C=O) groups excluding carboxylic acids is 1. The van der Waals surface area contributed by atoms with Crippen LogP contribution in [0.4, 0.5) is 10.8 Å². The standard InChI is InChI=1S/C15H20N4O3S2/c1-4-7-16-14-18-19-15(24-14)23-9-13(20)17-11-8-10(21-2)5-6-12(11)22-3/h5-6,8H,4,7,9H2,1-3H3,(H,16,18)(H,17,20). The predicted octanol–water partition coefficient (Wildman–Crippen LogP) is 3.11. The number of nitrogens with zero attached hydrogens (tertiary/aromatic N) is 2. The van der Waals surface area contributed by atoms with E-state index in [2.05, 4.69) is 27.8 Å². The number of thioether (sulfide) groups is 1. The van der Waals surface area contributed by atoms with Gasteiger partial charge >= 0.3 is 0 Å². The fourth-order valence-electron chi connectivity index (χ4n) is 1.80. The van der Waals surface area contributed by atoms with Gasteiger partial charge in [0.1, 0.15) is 11.5 Å². The van der Waals surface area contributed by atoms with Crippen molar-refractivity contribution < 1.29 is 14.3 Å². The van der Waals surface area contributed by atoms with Crippen molar-refractivity contribution in [3.63, 3.8) is 0 Å².